The van der Waals surface area contributed by atoms with Gasteiger partial charge in [-0.15, -0.1) is 0 Å². The molecule has 0 amide bonds. The Morgan fingerprint density at radius 2 is 1.86 bits per heavy atom. The van der Waals surface area contributed by atoms with Crippen LogP contribution in [0.4, 0.5) is 0 Å². The molecule has 0 spiro atoms. The van der Waals surface area contributed by atoms with Crippen molar-refractivity contribution in [2.45, 2.75) is 12.5 Å². The number of rotatable bonds is 3. The molecule has 3 nitrogen and oxygen atoms in total. The van der Waals surface area contributed by atoms with Crippen LogP contribution in [0.25, 0.3) is 11.1 Å². The first kappa shape index (κ1) is 14.0. The summed E-state index contributed by atoms with van der Waals surface area (Å²) < 4.78 is 11.6. The topological polar surface area (TPSA) is 21.7 Å². The average molecular weight is 283 g/mol. The predicted molar refractivity (Wildman–Crippen MR) is 85.1 cm³/mol. The van der Waals surface area contributed by atoms with Crippen molar-refractivity contribution in [2.75, 3.05) is 27.8 Å². The Kier molecular flexibility index (Phi) is 3.84. The quantitative estimate of drug-likeness (QED) is 0.863. The number of hydrogen-bond acceptors (Lipinski definition) is 3. The van der Waals surface area contributed by atoms with E-state index in [1.165, 1.54) is 11.1 Å². The Hall–Kier alpha value is -2.00. The molecule has 0 saturated carbocycles. The molecule has 0 unspecified atom stereocenters. The van der Waals surface area contributed by atoms with Crippen molar-refractivity contribution < 1.29 is 9.47 Å². The zero-order valence-corrected chi connectivity index (χ0v) is 12.8. The van der Waals surface area contributed by atoms with Crippen LogP contribution in [0.5, 0.6) is 11.5 Å². The minimum Gasteiger partial charge on any atom is -0.496 e. The number of methoxy groups -OCH3 is 1. The lowest BCUT2D eigenvalue weighted by atomic mass is 9.94. The molecule has 0 bridgehead atoms. The third kappa shape index (κ3) is 2.61. The van der Waals surface area contributed by atoms with Gasteiger partial charge in [-0.2, -0.15) is 0 Å². The van der Waals surface area contributed by atoms with Gasteiger partial charge in [-0.1, -0.05) is 30.3 Å². The van der Waals surface area contributed by atoms with Crippen molar-refractivity contribution in [2.24, 2.45) is 0 Å². The van der Waals surface area contributed by atoms with Gasteiger partial charge in [0.1, 0.15) is 18.1 Å². The van der Waals surface area contributed by atoms with E-state index < -0.39 is 0 Å². The maximum Gasteiger partial charge on any atom is 0.134 e. The van der Waals surface area contributed by atoms with Gasteiger partial charge in [-0.25, -0.2) is 0 Å². The lowest BCUT2D eigenvalue weighted by Gasteiger charge is -2.32. The SMILES string of the molecule is COc1ccc(-c2ccccc2)c2c1C[C@@H](N(C)C)CO2. The molecular weight excluding hydrogens is 262 g/mol. The van der Waals surface area contributed by atoms with E-state index in [1.54, 1.807) is 7.11 Å². The molecule has 0 aliphatic carbocycles. The lowest BCUT2D eigenvalue weighted by molar-refractivity contribution is 0.163. The van der Waals surface area contributed by atoms with E-state index in [9.17, 15) is 0 Å². The molecule has 1 aliphatic heterocycles. The van der Waals surface area contributed by atoms with Gasteiger partial charge >= 0.3 is 0 Å². The summed E-state index contributed by atoms with van der Waals surface area (Å²) in [4.78, 5) is 2.21. The first-order valence-corrected chi connectivity index (χ1v) is 7.25. The molecule has 1 atom stereocenters. The van der Waals surface area contributed by atoms with Gasteiger partial charge in [-0.05, 0) is 38.2 Å². The molecule has 110 valence electrons. The van der Waals surface area contributed by atoms with Crippen LogP contribution >= 0.6 is 0 Å². The molecular formula is C18H21NO2. The van der Waals surface area contributed by atoms with Crippen molar-refractivity contribution in [3.63, 3.8) is 0 Å². The Morgan fingerprint density at radius 3 is 2.52 bits per heavy atom. The van der Waals surface area contributed by atoms with Gasteiger partial charge < -0.3 is 14.4 Å². The third-order valence-corrected chi connectivity index (χ3v) is 4.11. The number of ether oxygens (including phenoxy) is 2. The Balaban J connectivity index is 2.08. The van der Waals surface area contributed by atoms with Crippen LogP contribution in [0, 0.1) is 0 Å². The average Bonchev–Trinajstić information content (AvgIpc) is 2.54. The fraction of sp³-hybridized carbons (Fsp3) is 0.333. The van der Waals surface area contributed by atoms with Crippen LogP contribution in [0.2, 0.25) is 0 Å². The Morgan fingerprint density at radius 1 is 1.10 bits per heavy atom. The molecule has 0 radical (unpaired) electrons. The summed E-state index contributed by atoms with van der Waals surface area (Å²) in [5, 5.41) is 0. The highest BCUT2D eigenvalue weighted by Crippen LogP contribution is 2.41. The smallest absolute Gasteiger partial charge is 0.134 e. The number of hydrogen-bond donors (Lipinski definition) is 0. The van der Waals surface area contributed by atoms with E-state index >= 15 is 0 Å². The fourth-order valence-electron chi connectivity index (χ4n) is 2.81. The van der Waals surface area contributed by atoms with Crippen molar-refractivity contribution in [3.05, 3.63) is 48.0 Å². The van der Waals surface area contributed by atoms with Crippen LogP contribution in [0.3, 0.4) is 0 Å². The van der Waals surface area contributed by atoms with Gasteiger partial charge in [0.25, 0.3) is 0 Å². The molecule has 3 rings (SSSR count). The van der Waals surface area contributed by atoms with Crippen LogP contribution < -0.4 is 9.47 Å². The number of benzene rings is 2. The minimum absolute atomic E-state index is 0.387. The largest absolute Gasteiger partial charge is 0.496 e. The molecule has 1 heterocycles. The molecule has 2 aromatic carbocycles. The molecule has 0 N–H and O–H groups in total. The normalized spacial score (nSPS) is 17.2. The van der Waals surface area contributed by atoms with E-state index in [4.69, 9.17) is 9.47 Å². The molecule has 0 saturated heterocycles. The summed E-state index contributed by atoms with van der Waals surface area (Å²) in [5.74, 6) is 1.88. The highest BCUT2D eigenvalue weighted by atomic mass is 16.5. The van der Waals surface area contributed by atoms with E-state index in [0.29, 0.717) is 12.6 Å². The zero-order chi connectivity index (χ0) is 14.8. The summed E-state index contributed by atoms with van der Waals surface area (Å²) in [7, 11) is 5.90. The van der Waals surface area contributed by atoms with Gasteiger partial charge in [-0.3, -0.25) is 0 Å². The summed E-state index contributed by atoms with van der Waals surface area (Å²) in [6.07, 6.45) is 0.951. The van der Waals surface area contributed by atoms with Gasteiger partial charge in [0.2, 0.25) is 0 Å². The Labute approximate surface area is 126 Å². The van der Waals surface area contributed by atoms with Gasteiger partial charge in [0.05, 0.1) is 7.11 Å². The van der Waals surface area contributed by atoms with Crippen molar-refractivity contribution in [1.29, 1.82) is 0 Å². The first-order chi connectivity index (χ1) is 10.2. The summed E-state index contributed by atoms with van der Waals surface area (Å²) in [6.45, 7) is 0.715. The molecule has 3 heteroatoms. The second-order valence-corrected chi connectivity index (χ2v) is 5.62. The second-order valence-electron chi connectivity index (χ2n) is 5.62. The van der Waals surface area contributed by atoms with Gasteiger partial charge in [0, 0.05) is 17.2 Å². The molecule has 0 aromatic heterocycles. The standard InChI is InChI=1S/C18H21NO2/c1-19(2)14-11-16-17(20-3)10-9-15(18(16)21-12-14)13-7-5-4-6-8-13/h4-10,14H,11-12H2,1-3H3/t14-/m1/s1. The number of nitrogens with zero attached hydrogens (tertiary/aromatic N) is 1. The van der Waals surface area contributed by atoms with E-state index in [1.807, 2.05) is 12.1 Å². The van der Waals surface area contributed by atoms with Crippen LogP contribution in [-0.4, -0.2) is 38.8 Å². The third-order valence-electron chi connectivity index (χ3n) is 4.11. The molecule has 2 aromatic rings. The zero-order valence-electron chi connectivity index (χ0n) is 12.8. The van der Waals surface area contributed by atoms with E-state index in [0.717, 1.165) is 23.5 Å². The predicted octanol–water partition coefficient (Wildman–Crippen LogP) is 3.23. The van der Waals surface area contributed by atoms with Gasteiger partial charge in [0.15, 0.2) is 0 Å². The summed E-state index contributed by atoms with van der Waals surface area (Å²) >= 11 is 0. The van der Waals surface area contributed by atoms with Crippen molar-refractivity contribution in [3.8, 4) is 22.6 Å². The van der Waals surface area contributed by atoms with Crippen LogP contribution in [-0.2, 0) is 6.42 Å². The van der Waals surface area contributed by atoms with Crippen LogP contribution in [0.15, 0.2) is 42.5 Å². The minimum atomic E-state index is 0.387. The second kappa shape index (κ2) is 5.78. The molecule has 1 aliphatic rings. The van der Waals surface area contributed by atoms with E-state index in [2.05, 4.69) is 49.3 Å². The lowest BCUT2D eigenvalue weighted by Crippen LogP contribution is -2.38. The monoisotopic (exact) mass is 283 g/mol. The maximum atomic E-state index is 6.10. The first-order valence-electron chi connectivity index (χ1n) is 7.25. The molecule has 21 heavy (non-hydrogen) atoms. The van der Waals surface area contributed by atoms with E-state index in [-0.39, 0.29) is 0 Å². The van der Waals surface area contributed by atoms with Crippen molar-refractivity contribution in [1.82, 2.24) is 4.90 Å². The summed E-state index contributed by atoms with van der Waals surface area (Å²) in [5.41, 5.74) is 3.49. The Bertz CT molecular complexity index is 623. The fourth-order valence-corrected chi connectivity index (χ4v) is 2.81. The highest BCUT2D eigenvalue weighted by molar-refractivity contribution is 5.74. The maximum absolute atomic E-state index is 6.10. The highest BCUT2D eigenvalue weighted by Gasteiger charge is 2.26. The van der Waals surface area contributed by atoms with Crippen LogP contribution in [0.1, 0.15) is 5.56 Å². The van der Waals surface area contributed by atoms with Crippen molar-refractivity contribution >= 4 is 0 Å². The molecule has 0 fully saturated rings. The number of fused-ring (bicyclic) bond motifs is 1. The summed E-state index contributed by atoms with van der Waals surface area (Å²) in [6, 6.07) is 14.9. The number of likely N-dealkylation sites (N-methyl/N-ethyl adjacent to an activating group) is 1.